The highest BCUT2D eigenvalue weighted by molar-refractivity contribution is 7.15. The maximum absolute atomic E-state index is 13.0. The van der Waals surface area contributed by atoms with Crippen LogP contribution < -0.4 is 5.32 Å². The molecule has 32 heavy (non-hydrogen) atoms. The van der Waals surface area contributed by atoms with Crippen molar-refractivity contribution in [1.82, 2.24) is 29.6 Å². The first-order valence-corrected chi connectivity index (χ1v) is 11.0. The van der Waals surface area contributed by atoms with Crippen molar-refractivity contribution in [3.63, 3.8) is 0 Å². The fourth-order valence-corrected chi connectivity index (χ4v) is 4.79. The van der Waals surface area contributed by atoms with Gasteiger partial charge in [0.15, 0.2) is 0 Å². The summed E-state index contributed by atoms with van der Waals surface area (Å²) in [7, 11) is 1.84. The average Bonchev–Trinajstić information content (AvgIpc) is 3.39. The molecular formula is C22H24FN7OS. The number of nitrogens with zero attached hydrogens (tertiary/aromatic N) is 6. The van der Waals surface area contributed by atoms with E-state index in [1.165, 1.54) is 17.4 Å². The Morgan fingerprint density at radius 3 is 2.72 bits per heavy atom. The fraction of sp³-hybridized carbons (Fsp3) is 0.318. The van der Waals surface area contributed by atoms with E-state index in [1.54, 1.807) is 21.9 Å². The lowest BCUT2D eigenvalue weighted by molar-refractivity contribution is 0.0752. The lowest BCUT2D eigenvalue weighted by atomic mass is 10.2. The molecule has 166 valence electrons. The third kappa shape index (κ3) is 3.93. The fourth-order valence-electron chi connectivity index (χ4n) is 3.61. The van der Waals surface area contributed by atoms with Crippen LogP contribution in [-0.4, -0.2) is 42.1 Å². The van der Waals surface area contributed by atoms with Crippen LogP contribution in [0.5, 0.6) is 0 Å². The molecule has 1 atom stereocenters. The minimum absolute atomic E-state index is 0.149. The Hall–Kier alpha value is -3.40. The maximum atomic E-state index is 13.0. The van der Waals surface area contributed by atoms with E-state index in [0.717, 1.165) is 27.5 Å². The maximum Gasteiger partial charge on any atom is 0.274 e. The van der Waals surface area contributed by atoms with Crippen LogP contribution in [0.15, 0.2) is 36.3 Å². The highest BCUT2D eigenvalue weighted by Gasteiger charge is 2.38. The molecule has 0 aliphatic carbocycles. The molecule has 0 spiro atoms. The van der Waals surface area contributed by atoms with Crippen molar-refractivity contribution in [3.8, 4) is 10.7 Å². The van der Waals surface area contributed by atoms with Gasteiger partial charge in [0.2, 0.25) is 5.95 Å². The summed E-state index contributed by atoms with van der Waals surface area (Å²) in [5, 5.41) is 8.17. The van der Waals surface area contributed by atoms with Crippen LogP contribution in [0.3, 0.4) is 0 Å². The highest BCUT2D eigenvalue weighted by Crippen LogP contribution is 2.41. The van der Waals surface area contributed by atoms with E-state index >= 15 is 0 Å². The number of amides is 1. The van der Waals surface area contributed by atoms with Crippen molar-refractivity contribution in [3.05, 3.63) is 58.1 Å². The van der Waals surface area contributed by atoms with Gasteiger partial charge in [0.25, 0.3) is 5.91 Å². The summed E-state index contributed by atoms with van der Waals surface area (Å²) in [6.07, 6.45) is 5.39. The Labute approximate surface area is 189 Å². The zero-order valence-electron chi connectivity index (χ0n) is 18.5. The highest BCUT2D eigenvalue weighted by atomic mass is 32.1. The molecule has 4 rings (SSSR count). The van der Waals surface area contributed by atoms with Gasteiger partial charge in [-0.1, -0.05) is 6.08 Å². The second kappa shape index (κ2) is 8.62. The van der Waals surface area contributed by atoms with Crippen LogP contribution in [0, 0.1) is 13.8 Å². The number of aryl methyl sites for hydroxylation is 3. The minimum Gasteiger partial charge on any atom is -0.325 e. The molecule has 8 nitrogen and oxygen atoms in total. The Bertz CT molecular complexity index is 1240. The molecule has 1 amide bonds. The van der Waals surface area contributed by atoms with Crippen LogP contribution in [0.2, 0.25) is 0 Å². The Kier molecular flexibility index (Phi) is 5.88. The van der Waals surface area contributed by atoms with Crippen molar-refractivity contribution in [2.45, 2.75) is 33.7 Å². The first-order valence-electron chi connectivity index (χ1n) is 10.2. The van der Waals surface area contributed by atoms with Gasteiger partial charge in [0, 0.05) is 25.9 Å². The number of anilines is 2. The third-order valence-corrected chi connectivity index (χ3v) is 6.61. The minimum atomic E-state index is -0.156. The summed E-state index contributed by atoms with van der Waals surface area (Å²) >= 11 is 1.45. The van der Waals surface area contributed by atoms with Gasteiger partial charge in [-0.05, 0) is 44.9 Å². The predicted molar refractivity (Wildman–Crippen MR) is 123 cm³/mol. The van der Waals surface area contributed by atoms with E-state index in [9.17, 15) is 9.18 Å². The molecule has 0 saturated heterocycles. The molecular weight excluding hydrogens is 429 g/mol. The summed E-state index contributed by atoms with van der Waals surface area (Å²) in [6, 6.07) is 1.76. The van der Waals surface area contributed by atoms with Gasteiger partial charge in [0.1, 0.15) is 22.2 Å². The van der Waals surface area contributed by atoms with Crippen molar-refractivity contribution in [1.29, 1.82) is 0 Å². The smallest absolute Gasteiger partial charge is 0.274 e. The van der Waals surface area contributed by atoms with E-state index in [0.29, 0.717) is 35.2 Å². The summed E-state index contributed by atoms with van der Waals surface area (Å²) in [5.74, 6) is 1.05. The largest absolute Gasteiger partial charge is 0.325 e. The van der Waals surface area contributed by atoms with Crippen molar-refractivity contribution < 1.29 is 9.18 Å². The van der Waals surface area contributed by atoms with Gasteiger partial charge in [-0.15, -0.1) is 11.3 Å². The van der Waals surface area contributed by atoms with E-state index in [4.69, 9.17) is 0 Å². The van der Waals surface area contributed by atoms with Gasteiger partial charge < -0.3 is 10.2 Å². The molecule has 3 aromatic heterocycles. The van der Waals surface area contributed by atoms with Crippen LogP contribution in [-0.2, 0) is 7.05 Å². The number of halogens is 1. The SMILES string of the molecule is C/C=C(\C=C\F)CN1C(=O)c2nc(-c3nc(Nc4cc(C)nn4C)ncc3C)sc2C1C. The molecule has 3 aromatic rings. The first kappa shape index (κ1) is 21.8. The van der Waals surface area contributed by atoms with Gasteiger partial charge in [-0.25, -0.2) is 19.3 Å². The summed E-state index contributed by atoms with van der Waals surface area (Å²) in [6.45, 7) is 7.95. The number of hydrogen-bond donors (Lipinski definition) is 1. The molecule has 1 aliphatic heterocycles. The zero-order chi connectivity index (χ0) is 23.0. The monoisotopic (exact) mass is 453 g/mol. The van der Waals surface area contributed by atoms with Crippen molar-refractivity contribution >= 4 is 29.0 Å². The second-order valence-corrected chi connectivity index (χ2v) is 8.67. The standard InChI is InChI=1S/C22H24FN7OS/c1-6-15(7-8-23)11-30-14(4)19-18(21(30)31)26-20(32-19)17-12(2)10-24-22(27-17)25-16-9-13(3)28-29(16)5/h6-10,14H,11H2,1-5H3,(H,24,25,27)/b8-7+,15-6+. The van der Waals surface area contributed by atoms with Gasteiger partial charge in [-0.3, -0.25) is 9.48 Å². The first-order chi connectivity index (χ1) is 15.3. The number of fused-ring (bicyclic) bond motifs is 1. The van der Waals surface area contributed by atoms with Crippen molar-refractivity contribution in [2.24, 2.45) is 7.05 Å². The third-order valence-electron chi connectivity index (χ3n) is 5.38. The topological polar surface area (TPSA) is 88.8 Å². The molecule has 1 aliphatic rings. The van der Waals surface area contributed by atoms with E-state index in [-0.39, 0.29) is 11.9 Å². The summed E-state index contributed by atoms with van der Waals surface area (Å²) in [4.78, 5) is 29.3. The number of carbonyl (C=O) groups is 1. The number of aromatic nitrogens is 5. The predicted octanol–water partition coefficient (Wildman–Crippen LogP) is 4.64. The zero-order valence-corrected chi connectivity index (χ0v) is 19.4. The molecule has 0 saturated carbocycles. The summed E-state index contributed by atoms with van der Waals surface area (Å²) in [5.41, 5.74) is 3.61. The number of allylic oxidation sites excluding steroid dienone is 1. The van der Waals surface area contributed by atoms with Crippen molar-refractivity contribution in [2.75, 3.05) is 11.9 Å². The lowest BCUT2D eigenvalue weighted by Crippen LogP contribution is -2.29. The van der Waals surface area contributed by atoms with Crippen LogP contribution in [0.4, 0.5) is 16.2 Å². The van der Waals surface area contributed by atoms with Crippen LogP contribution >= 0.6 is 11.3 Å². The molecule has 4 heterocycles. The number of nitrogens with one attached hydrogen (secondary N) is 1. The van der Waals surface area contributed by atoms with E-state index < -0.39 is 0 Å². The quantitative estimate of drug-likeness (QED) is 0.547. The average molecular weight is 454 g/mol. The Balaban J connectivity index is 1.62. The number of rotatable bonds is 6. The molecule has 0 aromatic carbocycles. The lowest BCUT2D eigenvalue weighted by Gasteiger charge is -2.22. The van der Waals surface area contributed by atoms with E-state index in [1.807, 2.05) is 40.8 Å². The van der Waals surface area contributed by atoms with Crippen LogP contribution in [0.1, 0.15) is 46.5 Å². The summed E-state index contributed by atoms with van der Waals surface area (Å²) < 4.78 is 14.3. The molecule has 0 bridgehead atoms. The molecule has 1 N–H and O–H groups in total. The van der Waals surface area contributed by atoms with Crippen LogP contribution in [0.25, 0.3) is 10.7 Å². The van der Waals surface area contributed by atoms with Gasteiger partial charge in [-0.2, -0.15) is 5.10 Å². The molecule has 0 radical (unpaired) electrons. The number of carbonyl (C=O) groups excluding carboxylic acids is 1. The van der Waals surface area contributed by atoms with Gasteiger partial charge in [0.05, 0.1) is 22.9 Å². The number of hydrogen-bond acceptors (Lipinski definition) is 7. The second-order valence-electron chi connectivity index (χ2n) is 7.64. The van der Waals surface area contributed by atoms with E-state index in [2.05, 4.69) is 25.4 Å². The Morgan fingerprint density at radius 2 is 2.09 bits per heavy atom. The number of thiazole rings is 1. The molecule has 0 fully saturated rings. The molecule has 10 heteroatoms. The Morgan fingerprint density at radius 1 is 1.31 bits per heavy atom. The van der Waals surface area contributed by atoms with Gasteiger partial charge >= 0.3 is 0 Å². The molecule has 1 unspecified atom stereocenters. The normalized spacial score (nSPS) is 16.3.